The van der Waals surface area contributed by atoms with Gasteiger partial charge in [0, 0.05) is 17.8 Å². The van der Waals surface area contributed by atoms with Crippen LogP contribution in [-0.2, 0) is 0 Å². The smallest absolute Gasteiger partial charge is 0.251 e. The Morgan fingerprint density at radius 2 is 2.00 bits per heavy atom. The second-order valence-electron chi connectivity index (χ2n) is 3.52. The van der Waals surface area contributed by atoms with Gasteiger partial charge in [0.25, 0.3) is 5.56 Å². The topological polar surface area (TPSA) is 95.6 Å². The monoisotopic (exact) mass is 282 g/mol. The molecule has 1 aromatic carbocycles. The summed E-state index contributed by atoms with van der Waals surface area (Å²) in [6.07, 6.45) is 1.24. The molecular formula is C11H8F2N4OS. The number of halogens is 2. The zero-order chi connectivity index (χ0) is 14.0. The normalized spacial score (nSPS) is 10.4. The largest absolute Gasteiger partial charge is 0.384 e. The van der Waals surface area contributed by atoms with E-state index < -0.39 is 23.0 Å². The summed E-state index contributed by atoms with van der Waals surface area (Å²) in [7, 11) is 0. The summed E-state index contributed by atoms with van der Waals surface area (Å²) >= 11 is 0.647. The first-order valence-corrected chi connectivity index (χ1v) is 5.85. The average molecular weight is 282 g/mol. The van der Waals surface area contributed by atoms with Gasteiger partial charge in [-0.1, -0.05) is 0 Å². The fraction of sp³-hybridized carbons (Fsp3) is 0. The summed E-state index contributed by atoms with van der Waals surface area (Å²) in [5, 5.41) is 7.20. The van der Waals surface area contributed by atoms with Crippen molar-refractivity contribution in [3.63, 3.8) is 0 Å². The number of H-pyrrole nitrogens is 1. The van der Waals surface area contributed by atoms with Gasteiger partial charge < -0.3 is 10.7 Å². The van der Waals surface area contributed by atoms with E-state index in [1.54, 1.807) is 0 Å². The van der Waals surface area contributed by atoms with Gasteiger partial charge in [-0.25, -0.2) is 13.8 Å². The van der Waals surface area contributed by atoms with Crippen LogP contribution in [0, 0.1) is 17.0 Å². The Balaban J connectivity index is 2.41. The van der Waals surface area contributed by atoms with E-state index in [9.17, 15) is 13.6 Å². The molecule has 0 aliphatic heterocycles. The van der Waals surface area contributed by atoms with E-state index in [-0.39, 0.29) is 15.6 Å². The Kier molecular flexibility index (Phi) is 3.61. The Morgan fingerprint density at radius 3 is 2.53 bits per heavy atom. The van der Waals surface area contributed by atoms with Crippen molar-refractivity contribution in [2.45, 2.75) is 10.1 Å². The molecule has 5 nitrogen and oxygen atoms in total. The maximum absolute atomic E-state index is 13.7. The molecule has 19 heavy (non-hydrogen) atoms. The lowest BCUT2D eigenvalue weighted by Gasteiger charge is -2.06. The molecule has 0 fully saturated rings. The molecule has 98 valence electrons. The second kappa shape index (κ2) is 5.19. The fourth-order valence-corrected chi connectivity index (χ4v) is 2.08. The minimum atomic E-state index is -0.873. The predicted octanol–water partition coefficient (Wildman–Crippen LogP) is 1.48. The van der Waals surface area contributed by atoms with E-state index in [2.05, 4.69) is 9.97 Å². The second-order valence-corrected chi connectivity index (χ2v) is 4.52. The third-order valence-electron chi connectivity index (χ3n) is 2.16. The third kappa shape index (κ3) is 2.97. The zero-order valence-electron chi connectivity index (χ0n) is 9.41. The molecule has 2 rings (SSSR count). The number of hydrogen-bond acceptors (Lipinski definition) is 4. The van der Waals surface area contributed by atoms with Crippen molar-refractivity contribution in [2.75, 3.05) is 0 Å². The van der Waals surface area contributed by atoms with Crippen LogP contribution >= 0.6 is 11.8 Å². The molecule has 1 heterocycles. The number of aromatic nitrogens is 2. The molecule has 0 spiro atoms. The van der Waals surface area contributed by atoms with Gasteiger partial charge in [0.15, 0.2) is 5.16 Å². The van der Waals surface area contributed by atoms with Crippen LogP contribution in [0.4, 0.5) is 8.78 Å². The van der Waals surface area contributed by atoms with Gasteiger partial charge in [0.05, 0.1) is 4.90 Å². The van der Waals surface area contributed by atoms with Crippen LogP contribution in [0.15, 0.2) is 39.2 Å². The average Bonchev–Trinajstić information content (AvgIpc) is 2.33. The highest BCUT2D eigenvalue weighted by atomic mass is 32.2. The van der Waals surface area contributed by atoms with E-state index >= 15 is 0 Å². The third-order valence-corrected chi connectivity index (χ3v) is 3.15. The van der Waals surface area contributed by atoms with Gasteiger partial charge in [-0.05, 0) is 23.9 Å². The maximum atomic E-state index is 13.7. The predicted molar refractivity (Wildman–Crippen MR) is 66.4 cm³/mol. The van der Waals surface area contributed by atoms with Crippen LogP contribution in [0.1, 0.15) is 5.56 Å². The summed E-state index contributed by atoms with van der Waals surface area (Å²) in [5.74, 6) is -2.18. The summed E-state index contributed by atoms with van der Waals surface area (Å²) < 4.78 is 27.4. The molecule has 8 heteroatoms. The number of nitrogen functional groups attached to an aromatic ring is 1. The van der Waals surface area contributed by atoms with E-state index in [1.165, 1.54) is 12.3 Å². The van der Waals surface area contributed by atoms with Crippen LogP contribution in [0.2, 0.25) is 0 Å². The molecule has 0 atom stereocenters. The van der Waals surface area contributed by atoms with E-state index in [1.807, 2.05) is 0 Å². The minimum Gasteiger partial charge on any atom is -0.384 e. The van der Waals surface area contributed by atoms with Gasteiger partial charge in [0.2, 0.25) is 0 Å². The standard InChI is InChI=1S/C11H8F2N4OS/c12-6-3-5(10(14)15)4-7(13)9(6)19-11-16-2-1-8(18)17-11/h1-4H,(H3,14,15)(H,16,17,18). The molecule has 2 aromatic rings. The Morgan fingerprint density at radius 1 is 1.37 bits per heavy atom. The first kappa shape index (κ1) is 13.2. The van der Waals surface area contributed by atoms with Crippen LogP contribution in [0.25, 0.3) is 0 Å². The van der Waals surface area contributed by atoms with Crippen molar-refractivity contribution in [1.82, 2.24) is 9.97 Å². The van der Waals surface area contributed by atoms with E-state index in [4.69, 9.17) is 11.1 Å². The maximum Gasteiger partial charge on any atom is 0.251 e. The highest BCUT2D eigenvalue weighted by Crippen LogP contribution is 2.29. The number of nitrogens with two attached hydrogens (primary N) is 1. The van der Waals surface area contributed by atoms with E-state index in [0.29, 0.717) is 11.8 Å². The summed E-state index contributed by atoms with van der Waals surface area (Å²) in [6.45, 7) is 0. The van der Waals surface area contributed by atoms with Gasteiger partial charge >= 0.3 is 0 Å². The summed E-state index contributed by atoms with van der Waals surface area (Å²) in [5.41, 5.74) is 4.69. The summed E-state index contributed by atoms with van der Waals surface area (Å²) in [4.78, 5) is 16.9. The molecule has 0 amide bonds. The molecule has 1 aromatic heterocycles. The lowest BCUT2D eigenvalue weighted by Crippen LogP contribution is -2.12. The molecular weight excluding hydrogens is 274 g/mol. The Bertz CT molecular complexity index is 678. The number of hydrogen-bond donors (Lipinski definition) is 3. The van der Waals surface area contributed by atoms with Crippen molar-refractivity contribution in [3.05, 3.63) is 51.9 Å². The quantitative estimate of drug-likeness (QED) is 0.451. The summed E-state index contributed by atoms with van der Waals surface area (Å²) in [6, 6.07) is 3.10. The van der Waals surface area contributed by atoms with Crippen molar-refractivity contribution in [3.8, 4) is 0 Å². The molecule has 4 N–H and O–H groups in total. The minimum absolute atomic E-state index is 0.0473. The lowest BCUT2D eigenvalue weighted by atomic mass is 10.2. The highest BCUT2D eigenvalue weighted by molar-refractivity contribution is 7.99. The van der Waals surface area contributed by atoms with Crippen molar-refractivity contribution < 1.29 is 8.78 Å². The number of amidine groups is 1. The van der Waals surface area contributed by atoms with Crippen LogP contribution in [0.5, 0.6) is 0 Å². The molecule has 0 saturated carbocycles. The number of aromatic amines is 1. The lowest BCUT2D eigenvalue weighted by molar-refractivity contribution is 0.539. The molecule has 0 aliphatic carbocycles. The number of nitrogens with zero attached hydrogens (tertiary/aromatic N) is 1. The first-order valence-electron chi connectivity index (χ1n) is 5.04. The van der Waals surface area contributed by atoms with E-state index in [0.717, 1.165) is 12.1 Å². The molecule has 0 saturated heterocycles. The Labute approximate surface area is 110 Å². The van der Waals surface area contributed by atoms with Crippen LogP contribution in [0.3, 0.4) is 0 Å². The number of nitrogens with one attached hydrogen (secondary N) is 2. The molecule has 0 bridgehead atoms. The fourth-order valence-electron chi connectivity index (χ4n) is 1.31. The van der Waals surface area contributed by atoms with Crippen LogP contribution in [-0.4, -0.2) is 15.8 Å². The highest BCUT2D eigenvalue weighted by Gasteiger charge is 2.14. The zero-order valence-corrected chi connectivity index (χ0v) is 10.2. The molecule has 0 radical (unpaired) electrons. The van der Waals surface area contributed by atoms with Crippen molar-refractivity contribution in [2.24, 2.45) is 5.73 Å². The van der Waals surface area contributed by atoms with Gasteiger partial charge in [-0.2, -0.15) is 0 Å². The van der Waals surface area contributed by atoms with Crippen molar-refractivity contribution >= 4 is 17.6 Å². The van der Waals surface area contributed by atoms with Gasteiger partial charge in [-0.3, -0.25) is 10.2 Å². The number of benzene rings is 1. The molecule has 0 aliphatic rings. The first-order chi connectivity index (χ1) is 8.97. The van der Waals surface area contributed by atoms with Crippen LogP contribution < -0.4 is 11.3 Å². The van der Waals surface area contributed by atoms with Gasteiger partial charge in [0.1, 0.15) is 17.5 Å². The Hall–Kier alpha value is -2.22. The SMILES string of the molecule is N=C(N)c1cc(F)c(Sc2nccc(=O)[nH]2)c(F)c1. The molecule has 0 unspecified atom stereocenters. The van der Waals surface area contributed by atoms with Crippen molar-refractivity contribution in [1.29, 1.82) is 5.41 Å². The number of rotatable bonds is 3. The van der Waals surface area contributed by atoms with Gasteiger partial charge in [-0.15, -0.1) is 0 Å².